The summed E-state index contributed by atoms with van der Waals surface area (Å²) in [4.78, 5) is 0. The second-order valence-corrected chi connectivity index (χ2v) is 8.30. The van der Waals surface area contributed by atoms with Crippen LogP contribution in [0.3, 0.4) is 0 Å². The quantitative estimate of drug-likeness (QED) is 0.182. The van der Waals surface area contributed by atoms with Crippen molar-refractivity contribution < 1.29 is 69.6 Å². The average molecular weight is 472 g/mol. The van der Waals surface area contributed by atoms with Crippen LogP contribution in [0.15, 0.2) is 0 Å². The Kier molecular flexibility index (Phi) is 8.44. The first kappa shape index (κ1) is 26.1. The van der Waals surface area contributed by atoms with Gasteiger partial charge >= 0.3 is 0 Å². The van der Waals surface area contributed by atoms with Crippen LogP contribution in [0.2, 0.25) is 0 Å². The van der Waals surface area contributed by atoms with Gasteiger partial charge in [-0.15, -0.1) is 0 Å². The van der Waals surface area contributed by atoms with Gasteiger partial charge in [0.05, 0.1) is 18.8 Å². The largest absolute Gasteiger partial charge is 0.394 e. The molecule has 3 heterocycles. The van der Waals surface area contributed by atoms with Crippen molar-refractivity contribution >= 4 is 0 Å². The number of ether oxygens (including phenoxy) is 5. The first-order valence-corrected chi connectivity index (χ1v) is 10.3. The van der Waals surface area contributed by atoms with Crippen molar-refractivity contribution in [1.82, 2.24) is 0 Å². The maximum atomic E-state index is 10.6. The minimum absolute atomic E-state index is 0.700. The number of aliphatic hydroxyl groups is 9. The molecule has 32 heavy (non-hydrogen) atoms. The molecule has 0 bridgehead atoms. The van der Waals surface area contributed by atoms with Crippen LogP contribution in [-0.2, 0) is 23.7 Å². The predicted molar refractivity (Wildman–Crippen MR) is 98.4 cm³/mol. The molecule has 0 unspecified atom stereocenters. The van der Waals surface area contributed by atoms with Crippen molar-refractivity contribution in [2.75, 3.05) is 6.61 Å². The van der Waals surface area contributed by atoms with Gasteiger partial charge in [-0.3, -0.25) is 0 Å². The predicted octanol–water partition coefficient (Wildman–Crippen LogP) is -5.52. The Morgan fingerprint density at radius 1 is 0.562 bits per heavy atom. The zero-order chi connectivity index (χ0) is 23.9. The van der Waals surface area contributed by atoms with E-state index >= 15 is 0 Å². The third-order valence-corrected chi connectivity index (χ3v) is 6.02. The van der Waals surface area contributed by atoms with Gasteiger partial charge < -0.3 is 69.6 Å². The lowest BCUT2D eigenvalue weighted by molar-refractivity contribution is -0.383. The van der Waals surface area contributed by atoms with E-state index in [2.05, 4.69) is 0 Å². The zero-order valence-electron chi connectivity index (χ0n) is 17.4. The van der Waals surface area contributed by atoms with Gasteiger partial charge in [0.25, 0.3) is 0 Å². The third-order valence-electron chi connectivity index (χ3n) is 6.02. The molecular formula is C18H32O14. The van der Waals surface area contributed by atoms with E-state index in [4.69, 9.17) is 23.7 Å². The molecule has 3 fully saturated rings. The fourth-order valence-electron chi connectivity index (χ4n) is 3.92. The van der Waals surface area contributed by atoms with E-state index in [-0.39, 0.29) is 0 Å². The lowest BCUT2D eigenvalue weighted by Gasteiger charge is -2.47. The number of aliphatic hydroxyl groups excluding tert-OH is 9. The van der Waals surface area contributed by atoms with Crippen LogP contribution in [0.1, 0.15) is 13.8 Å². The molecular weight excluding hydrogens is 440 g/mol. The van der Waals surface area contributed by atoms with Crippen LogP contribution < -0.4 is 0 Å². The monoisotopic (exact) mass is 472 g/mol. The lowest BCUT2D eigenvalue weighted by atomic mass is 9.96. The summed E-state index contributed by atoms with van der Waals surface area (Å²) in [5, 5.41) is 90.6. The Balaban J connectivity index is 1.81. The fourth-order valence-corrected chi connectivity index (χ4v) is 3.92. The van der Waals surface area contributed by atoms with Crippen LogP contribution in [0, 0.1) is 0 Å². The van der Waals surface area contributed by atoms with Crippen LogP contribution in [0.4, 0.5) is 0 Å². The summed E-state index contributed by atoms with van der Waals surface area (Å²) in [7, 11) is 0. The molecule has 0 spiro atoms. The van der Waals surface area contributed by atoms with Gasteiger partial charge in [-0.25, -0.2) is 0 Å². The first-order valence-electron chi connectivity index (χ1n) is 10.3. The average Bonchev–Trinajstić information content (AvgIpc) is 2.76. The summed E-state index contributed by atoms with van der Waals surface area (Å²) >= 11 is 0. The molecule has 188 valence electrons. The Hall–Kier alpha value is -0.560. The van der Waals surface area contributed by atoms with Crippen LogP contribution >= 0.6 is 0 Å². The topological polar surface area (TPSA) is 228 Å². The van der Waals surface area contributed by atoms with Crippen molar-refractivity contribution in [3.63, 3.8) is 0 Å². The molecule has 14 nitrogen and oxygen atoms in total. The van der Waals surface area contributed by atoms with Crippen molar-refractivity contribution in [3.05, 3.63) is 0 Å². The summed E-state index contributed by atoms with van der Waals surface area (Å²) in [6.45, 7) is 2.13. The van der Waals surface area contributed by atoms with Crippen LogP contribution in [0.5, 0.6) is 0 Å². The molecule has 0 aromatic carbocycles. The highest BCUT2D eigenvalue weighted by Gasteiger charge is 2.52. The van der Waals surface area contributed by atoms with Crippen molar-refractivity contribution in [3.8, 4) is 0 Å². The van der Waals surface area contributed by atoms with Crippen molar-refractivity contribution in [2.45, 2.75) is 106 Å². The third kappa shape index (κ3) is 4.94. The lowest BCUT2D eigenvalue weighted by Crippen LogP contribution is -2.66. The van der Waals surface area contributed by atoms with Gasteiger partial charge in [-0.05, 0) is 13.8 Å². The number of rotatable bonds is 5. The van der Waals surface area contributed by atoms with Gasteiger partial charge in [-0.1, -0.05) is 0 Å². The van der Waals surface area contributed by atoms with E-state index in [0.29, 0.717) is 0 Å². The second kappa shape index (κ2) is 10.4. The van der Waals surface area contributed by atoms with E-state index in [1.54, 1.807) is 0 Å². The van der Waals surface area contributed by atoms with Gasteiger partial charge in [0.2, 0.25) is 0 Å². The second-order valence-electron chi connectivity index (χ2n) is 8.30. The Morgan fingerprint density at radius 3 is 1.69 bits per heavy atom. The zero-order valence-corrected chi connectivity index (χ0v) is 17.4. The SMILES string of the molecule is C[C@@H]1O[C@H](O[C@H]2[C@H](O[C@@H]3[C@@H](O)[C@H](O)O[C@H](CO)[C@@H]3O)O[C@@H](C)[C@H](O)[C@H]2O)[C@H](O)[C@H](O)[C@H]1O. The minimum Gasteiger partial charge on any atom is -0.394 e. The molecule has 0 radical (unpaired) electrons. The summed E-state index contributed by atoms with van der Waals surface area (Å²) in [6.07, 6.45) is -22.6. The van der Waals surface area contributed by atoms with Crippen LogP contribution in [0.25, 0.3) is 0 Å². The van der Waals surface area contributed by atoms with Crippen molar-refractivity contribution in [1.29, 1.82) is 0 Å². The molecule has 3 rings (SSSR count). The van der Waals surface area contributed by atoms with E-state index in [1.165, 1.54) is 13.8 Å². The minimum atomic E-state index is -1.81. The molecule has 0 amide bonds. The number of hydrogen-bond donors (Lipinski definition) is 9. The normalized spacial score (nSPS) is 55.0. The standard InChI is InChI=1S/C18H32O14/c1-4-7(20)10(23)12(25)17(28-4)32-15-11(24)8(21)5(2)29-18(15)31-14-9(22)6(3-19)30-16(27)13(14)26/h4-27H,3H2,1-2H3/t4-,5-,6+,7-,8-,9-,10+,11+,12+,13+,14-,15+,16+,17+,18-/m0/s1. The van der Waals surface area contributed by atoms with E-state index in [0.717, 1.165) is 0 Å². The molecule has 9 N–H and O–H groups in total. The van der Waals surface area contributed by atoms with Crippen molar-refractivity contribution in [2.24, 2.45) is 0 Å². The van der Waals surface area contributed by atoms with Gasteiger partial charge in [-0.2, -0.15) is 0 Å². The maximum absolute atomic E-state index is 10.6. The molecule has 0 saturated carbocycles. The highest BCUT2D eigenvalue weighted by atomic mass is 16.8. The molecule has 0 aliphatic carbocycles. The molecule has 14 heteroatoms. The van der Waals surface area contributed by atoms with E-state index in [9.17, 15) is 46.0 Å². The fraction of sp³-hybridized carbons (Fsp3) is 1.00. The van der Waals surface area contributed by atoms with E-state index in [1.807, 2.05) is 0 Å². The summed E-state index contributed by atoms with van der Waals surface area (Å²) in [6, 6.07) is 0. The van der Waals surface area contributed by atoms with Crippen LogP contribution in [-0.4, -0.2) is 145 Å². The Morgan fingerprint density at radius 2 is 1.09 bits per heavy atom. The smallest absolute Gasteiger partial charge is 0.187 e. The molecule has 0 aromatic heterocycles. The van der Waals surface area contributed by atoms with Gasteiger partial charge in [0.15, 0.2) is 18.9 Å². The van der Waals surface area contributed by atoms with Gasteiger partial charge in [0, 0.05) is 0 Å². The highest BCUT2D eigenvalue weighted by Crippen LogP contribution is 2.32. The number of hydrogen-bond acceptors (Lipinski definition) is 14. The van der Waals surface area contributed by atoms with Gasteiger partial charge in [0.1, 0.15) is 61.0 Å². The molecule has 3 aliphatic rings. The molecule has 15 atom stereocenters. The summed E-state index contributed by atoms with van der Waals surface area (Å²) < 4.78 is 26.9. The molecule has 3 aliphatic heterocycles. The summed E-state index contributed by atoms with van der Waals surface area (Å²) in [5.41, 5.74) is 0. The first-order chi connectivity index (χ1) is 15.0. The molecule has 3 saturated heterocycles. The molecule has 0 aromatic rings. The Labute approximate surface area is 183 Å². The summed E-state index contributed by atoms with van der Waals surface area (Å²) in [5.74, 6) is 0. The van der Waals surface area contributed by atoms with E-state index < -0.39 is 98.7 Å². The highest BCUT2D eigenvalue weighted by molar-refractivity contribution is 4.95. The maximum Gasteiger partial charge on any atom is 0.187 e. The Bertz CT molecular complexity index is 610.